The molecule has 0 aliphatic heterocycles. The second-order valence-corrected chi connectivity index (χ2v) is 15.3. The van der Waals surface area contributed by atoms with Crippen molar-refractivity contribution in [3.05, 3.63) is 12.2 Å². The number of carbonyl (C=O) groups excluding carboxylic acids is 2. The van der Waals surface area contributed by atoms with Gasteiger partial charge in [0, 0.05) is 19.4 Å². The van der Waals surface area contributed by atoms with Gasteiger partial charge in [0.25, 0.3) is 0 Å². The van der Waals surface area contributed by atoms with E-state index in [1.54, 1.807) is 7.05 Å². The lowest BCUT2D eigenvalue weighted by Crippen LogP contribution is -2.29. The Balaban J connectivity index is 4.25. The number of likely N-dealkylation sites (N-methyl/N-ethyl adjacent to an activating group) is 1. The zero-order valence-electron chi connectivity index (χ0n) is 32.6. The summed E-state index contributed by atoms with van der Waals surface area (Å²) in [7, 11) is -2.64. The minimum absolute atomic E-state index is 0.0156. The van der Waals surface area contributed by atoms with Gasteiger partial charge in [-0.2, -0.15) is 0 Å². The van der Waals surface area contributed by atoms with Crippen LogP contribution in [-0.2, 0) is 32.7 Å². The van der Waals surface area contributed by atoms with Crippen LogP contribution in [0.4, 0.5) is 0 Å². The second-order valence-electron chi connectivity index (χ2n) is 13.8. The van der Waals surface area contributed by atoms with Gasteiger partial charge in [0.2, 0.25) is 0 Å². The Kier molecular flexibility index (Phi) is 36.6. The fourth-order valence-electron chi connectivity index (χ4n) is 5.72. The Morgan fingerprint density at radius 1 is 0.600 bits per heavy atom. The van der Waals surface area contributed by atoms with Gasteiger partial charge >= 0.3 is 19.8 Å². The van der Waals surface area contributed by atoms with E-state index in [0.29, 0.717) is 19.4 Å². The number of allylic oxidation sites excluding steroid dienone is 2. The Bertz CT molecular complexity index is 840. The average Bonchev–Trinajstić information content (AvgIpc) is 3.09. The number of hydrogen-bond donors (Lipinski definition) is 2. The molecule has 0 amide bonds. The maximum absolute atomic E-state index is 12.6. The smallest absolute Gasteiger partial charge is 0.462 e. The average molecular weight is 732 g/mol. The van der Waals surface area contributed by atoms with Gasteiger partial charge in [0.05, 0.1) is 13.2 Å². The summed E-state index contributed by atoms with van der Waals surface area (Å²) in [6.07, 6.45) is 35.3. The van der Waals surface area contributed by atoms with E-state index < -0.39 is 26.5 Å². The molecule has 10 heteroatoms. The van der Waals surface area contributed by atoms with Crippen molar-refractivity contribution in [1.82, 2.24) is 5.32 Å². The summed E-state index contributed by atoms with van der Waals surface area (Å²) in [5.74, 6) is -0.809. The first-order valence-electron chi connectivity index (χ1n) is 20.6. The SMILES string of the molecule is CCCCCCCCC=CCCCCCCCC(=O)OC(COC(=O)CCCCCCCCCCCCCCC)COP(=O)(O)OCCNC. The number of rotatable bonds is 39. The molecule has 2 atom stereocenters. The quantitative estimate of drug-likeness (QED) is 0.0275. The molecule has 0 aliphatic carbocycles. The number of hydrogen-bond acceptors (Lipinski definition) is 8. The van der Waals surface area contributed by atoms with Crippen molar-refractivity contribution >= 4 is 19.8 Å². The highest BCUT2D eigenvalue weighted by Crippen LogP contribution is 2.43. The van der Waals surface area contributed by atoms with Gasteiger partial charge in [-0.1, -0.05) is 154 Å². The first-order chi connectivity index (χ1) is 24.3. The highest BCUT2D eigenvalue weighted by atomic mass is 31.2. The molecule has 0 aromatic rings. The zero-order chi connectivity index (χ0) is 36.8. The lowest BCUT2D eigenvalue weighted by Gasteiger charge is -2.20. The van der Waals surface area contributed by atoms with E-state index in [9.17, 15) is 19.0 Å². The molecule has 0 radical (unpaired) electrons. The van der Waals surface area contributed by atoms with E-state index in [2.05, 4.69) is 31.3 Å². The van der Waals surface area contributed by atoms with Crippen LogP contribution in [0.2, 0.25) is 0 Å². The number of unbranched alkanes of at least 4 members (excludes halogenated alkanes) is 23. The van der Waals surface area contributed by atoms with E-state index in [1.165, 1.54) is 109 Å². The maximum atomic E-state index is 12.6. The standard InChI is InChI=1S/C40H78NO8P/c1-4-6-8-10-12-14-16-18-19-21-23-25-27-29-31-33-40(43)49-38(37-48-50(44,45)47-35-34-41-3)36-46-39(42)32-30-28-26-24-22-20-17-15-13-11-9-7-5-2/h18-19,38,41H,4-17,20-37H2,1-3H3,(H,44,45). The topological polar surface area (TPSA) is 120 Å². The summed E-state index contributed by atoms with van der Waals surface area (Å²) >= 11 is 0. The van der Waals surface area contributed by atoms with Gasteiger partial charge < -0.3 is 19.7 Å². The van der Waals surface area contributed by atoms with E-state index >= 15 is 0 Å². The number of carbonyl (C=O) groups is 2. The minimum Gasteiger partial charge on any atom is -0.462 e. The molecule has 296 valence electrons. The van der Waals surface area contributed by atoms with Gasteiger partial charge in [0.1, 0.15) is 6.61 Å². The molecule has 0 saturated heterocycles. The summed E-state index contributed by atoms with van der Waals surface area (Å²) in [4.78, 5) is 34.9. The van der Waals surface area contributed by atoms with Gasteiger partial charge in [-0.05, 0) is 45.6 Å². The number of ether oxygens (including phenoxy) is 2. The van der Waals surface area contributed by atoms with Gasteiger partial charge in [0.15, 0.2) is 6.10 Å². The van der Waals surface area contributed by atoms with Crippen LogP contribution >= 0.6 is 7.82 Å². The lowest BCUT2D eigenvalue weighted by atomic mass is 10.0. The molecule has 2 unspecified atom stereocenters. The predicted octanol–water partition coefficient (Wildman–Crippen LogP) is 11.3. The fourth-order valence-corrected chi connectivity index (χ4v) is 6.48. The van der Waals surface area contributed by atoms with Crippen molar-refractivity contribution in [1.29, 1.82) is 0 Å². The Morgan fingerprint density at radius 3 is 1.48 bits per heavy atom. The molecule has 0 heterocycles. The summed E-state index contributed by atoms with van der Waals surface area (Å²) in [6.45, 7) is 4.22. The third kappa shape index (κ3) is 36.5. The number of esters is 2. The molecule has 0 aromatic heterocycles. The second kappa shape index (κ2) is 37.5. The van der Waals surface area contributed by atoms with Crippen LogP contribution in [0.5, 0.6) is 0 Å². The lowest BCUT2D eigenvalue weighted by molar-refractivity contribution is -0.161. The van der Waals surface area contributed by atoms with Crippen molar-refractivity contribution in [3.8, 4) is 0 Å². The fraction of sp³-hybridized carbons (Fsp3) is 0.900. The summed E-state index contributed by atoms with van der Waals surface area (Å²) < 4.78 is 33.1. The van der Waals surface area contributed by atoms with Crippen molar-refractivity contribution in [2.75, 3.05) is 33.4 Å². The molecule has 50 heavy (non-hydrogen) atoms. The normalized spacial score (nSPS) is 13.4. The van der Waals surface area contributed by atoms with Crippen molar-refractivity contribution in [2.24, 2.45) is 0 Å². The highest BCUT2D eigenvalue weighted by molar-refractivity contribution is 7.47. The first kappa shape index (κ1) is 48.8. The van der Waals surface area contributed by atoms with E-state index in [1.807, 2.05) is 0 Å². The minimum atomic E-state index is -4.34. The van der Waals surface area contributed by atoms with E-state index in [-0.39, 0.29) is 25.6 Å². The Labute approximate surface area is 307 Å². The molecular weight excluding hydrogens is 653 g/mol. The summed E-state index contributed by atoms with van der Waals surface area (Å²) in [5.41, 5.74) is 0. The van der Waals surface area contributed by atoms with Crippen LogP contribution in [-0.4, -0.2) is 56.3 Å². The molecule has 0 spiro atoms. The van der Waals surface area contributed by atoms with Crippen molar-refractivity contribution in [2.45, 2.75) is 200 Å². The third-order valence-corrected chi connectivity index (χ3v) is 9.87. The van der Waals surface area contributed by atoms with Crippen LogP contribution in [0.25, 0.3) is 0 Å². The molecule has 0 bridgehead atoms. The molecule has 0 fully saturated rings. The molecule has 0 saturated carbocycles. The Morgan fingerprint density at radius 2 is 1.02 bits per heavy atom. The van der Waals surface area contributed by atoms with Crippen molar-refractivity contribution in [3.63, 3.8) is 0 Å². The monoisotopic (exact) mass is 732 g/mol. The predicted molar refractivity (Wildman–Crippen MR) is 206 cm³/mol. The van der Waals surface area contributed by atoms with E-state index in [4.69, 9.17) is 18.5 Å². The van der Waals surface area contributed by atoms with Crippen LogP contribution < -0.4 is 5.32 Å². The van der Waals surface area contributed by atoms with Crippen LogP contribution in [0.1, 0.15) is 194 Å². The van der Waals surface area contributed by atoms with Gasteiger partial charge in [-0.15, -0.1) is 0 Å². The highest BCUT2D eigenvalue weighted by Gasteiger charge is 2.26. The summed E-state index contributed by atoms with van der Waals surface area (Å²) in [6, 6.07) is 0. The largest absolute Gasteiger partial charge is 0.472 e. The number of phosphoric acid groups is 1. The molecule has 9 nitrogen and oxygen atoms in total. The van der Waals surface area contributed by atoms with Gasteiger partial charge in [-0.3, -0.25) is 18.6 Å². The third-order valence-electron chi connectivity index (χ3n) is 8.89. The molecular formula is C40H78NO8P. The summed E-state index contributed by atoms with van der Waals surface area (Å²) in [5, 5.41) is 2.82. The van der Waals surface area contributed by atoms with Crippen molar-refractivity contribution < 1.29 is 37.6 Å². The number of nitrogens with one attached hydrogen (secondary N) is 1. The molecule has 0 rings (SSSR count). The first-order valence-corrected chi connectivity index (χ1v) is 22.1. The maximum Gasteiger partial charge on any atom is 0.472 e. The van der Waals surface area contributed by atoms with Crippen LogP contribution in [0, 0.1) is 0 Å². The molecule has 0 aromatic carbocycles. The molecule has 2 N–H and O–H groups in total. The molecule has 0 aliphatic rings. The van der Waals surface area contributed by atoms with Gasteiger partial charge in [-0.25, -0.2) is 4.57 Å². The van der Waals surface area contributed by atoms with Crippen LogP contribution in [0.3, 0.4) is 0 Å². The zero-order valence-corrected chi connectivity index (χ0v) is 33.5. The van der Waals surface area contributed by atoms with E-state index in [0.717, 1.165) is 51.4 Å². The Hall–Kier alpha value is -1.25. The number of phosphoric ester groups is 1. The van der Waals surface area contributed by atoms with Crippen LogP contribution in [0.15, 0.2) is 12.2 Å².